The summed E-state index contributed by atoms with van der Waals surface area (Å²) in [5, 5.41) is 0. The van der Waals surface area contributed by atoms with E-state index in [1.165, 1.54) is 12.0 Å². The number of hydrogen-bond acceptors (Lipinski definition) is 4. The van der Waals surface area contributed by atoms with Gasteiger partial charge in [0.15, 0.2) is 5.65 Å². The van der Waals surface area contributed by atoms with Crippen LogP contribution in [0, 0.1) is 0 Å². The number of fused-ring (bicyclic) bond motifs is 1. The van der Waals surface area contributed by atoms with Gasteiger partial charge in [-0.25, -0.2) is 9.78 Å². The van der Waals surface area contributed by atoms with E-state index in [9.17, 15) is 4.79 Å². The number of benzene rings is 1. The molecule has 0 saturated carbocycles. The fourth-order valence-electron chi connectivity index (χ4n) is 2.12. The summed E-state index contributed by atoms with van der Waals surface area (Å²) in [6.45, 7) is 0. The third kappa shape index (κ3) is 3.18. The normalized spacial score (nSPS) is 10.8. The molecule has 0 N–H and O–H groups in total. The lowest BCUT2D eigenvalue weighted by molar-refractivity contribution is 0.0602. The Morgan fingerprint density at radius 3 is 3.00 bits per heavy atom. The highest BCUT2D eigenvalue weighted by molar-refractivity contribution is 9.10. The first kappa shape index (κ1) is 15.1. The number of nitrogens with zero attached hydrogens (tertiary/aromatic N) is 2. The van der Waals surface area contributed by atoms with Crippen molar-refractivity contribution in [3.8, 4) is 0 Å². The van der Waals surface area contributed by atoms with Crippen LogP contribution in [0.5, 0.6) is 0 Å². The van der Waals surface area contributed by atoms with Gasteiger partial charge in [-0.2, -0.15) is 0 Å². The Hall–Kier alpha value is -1.79. The number of halogens is 1. The molecular weight excluding hydrogens is 364 g/mol. The van der Waals surface area contributed by atoms with Crippen molar-refractivity contribution < 1.29 is 9.53 Å². The fraction of sp³-hybridized carbons (Fsp3) is 0.125. The van der Waals surface area contributed by atoms with Crippen molar-refractivity contribution in [2.45, 2.75) is 10.6 Å². The number of rotatable bonds is 4. The summed E-state index contributed by atoms with van der Waals surface area (Å²) in [4.78, 5) is 17.5. The maximum absolute atomic E-state index is 11.8. The second kappa shape index (κ2) is 6.54. The summed E-state index contributed by atoms with van der Waals surface area (Å²) in [6, 6.07) is 11.7. The van der Waals surface area contributed by atoms with Gasteiger partial charge in [0, 0.05) is 27.5 Å². The van der Waals surface area contributed by atoms with Gasteiger partial charge in [-0.3, -0.25) is 0 Å². The maximum atomic E-state index is 11.8. The van der Waals surface area contributed by atoms with E-state index in [0.717, 1.165) is 15.9 Å². The molecule has 0 bridgehead atoms. The minimum Gasteiger partial charge on any atom is -0.465 e. The average Bonchev–Trinajstić information content (AvgIpc) is 2.95. The highest BCUT2D eigenvalue weighted by Crippen LogP contribution is 2.25. The van der Waals surface area contributed by atoms with Crippen molar-refractivity contribution in [2.75, 3.05) is 7.11 Å². The van der Waals surface area contributed by atoms with Crippen molar-refractivity contribution in [1.82, 2.24) is 9.38 Å². The molecule has 0 unspecified atom stereocenters. The van der Waals surface area contributed by atoms with Crippen LogP contribution in [-0.4, -0.2) is 22.5 Å². The number of thioether (sulfide) groups is 1. The lowest BCUT2D eigenvalue weighted by atomic mass is 10.3. The van der Waals surface area contributed by atoms with Crippen LogP contribution < -0.4 is 0 Å². The van der Waals surface area contributed by atoms with Crippen LogP contribution in [0.15, 0.2) is 58.2 Å². The highest BCUT2D eigenvalue weighted by atomic mass is 79.9. The van der Waals surface area contributed by atoms with Crippen molar-refractivity contribution in [3.05, 3.63) is 64.5 Å². The molecule has 3 aromatic rings. The lowest BCUT2D eigenvalue weighted by Gasteiger charge is -2.00. The molecule has 6 heteroatoms. The van der Waals surface area contributed by atoms with Gasteiger partial charge in [0.2, 0.25) is 0 Å². The van der Waals surface area contributed by atoms with Crippen LogP contribution in [0.1, 0.15) is 16.1 Å². The summed E-state index contributed by atoms with van der Waals surface area (Å²) in [5.41, 5.74) is 2.02. The number of esters is 1. The predicted molar refractivity (Wildman–Crippen MR) is 90.2 cm³/mol. The standard InChI is InChI=1S/C16H13BrN2O2S/c1-21-16(20)14-6-3-7-19-9-12(18-15(14)19)10-22-13-5-2-4-11(17)8-13/h2-9H,10H2,1H3. The monoisotopic (exact) mass is 376 g/mol. The van der Waals surface area contributed by atoms with Crippen molar-refractivity contribution in [3.63, 3.8) is 0 Å². The van der Waals surface area contributed by atoms with Gasteiger partial charge < -0.3 is 9.14 Å². The Balaban J connectivity index is 1.85. The average molecular weight is 377 g/mol. The van der Waals surface area contributed by atoms with Gasteiger partial charge >= 0.3 is 5.97 Å². The molecule has 0 fully saturated rings. The first-order valence-corrected chi connectivity index (χ1v) is 8.38. The van der Waals surface area contributed by atoms with Crippen LogP contribution in [-0.2, 0) is 10.5 Å². The fourth-order valence-corrected chi connectivity index (χ4v) is 3.51. The number of carbonyl (C=O) groups excluding carboxylic acids is 1. The van der Waals surface area contributed by atoms with Crippen molar-refractivity contribution >= 4 is 39.3 Å². The molecule has 0 amide bonds. The lowest BCUT2D eigenvalue weighted by Crippen LogP contribution is -2.03. The molecule has 0 radical (unpaired) electrons. The Morgan fingerprint density at radius 1 is 1.36 bits per heavy atom. The van der Waals surface area contributed by atoms with E-state index in [1.807, 2.05) is 35.0 Å². The molecule has 0 atom stereocenters. The van der Waals surface area contributed by atoms with Crippen molar-refractivity contribution in [1.29, 1.82) is 0 Å². The zero-order chi connectivity index (χ0) is 15.5. The van der Waals surface area contributed by atoms with Gasteiger partial charge in [-0.05, 0) is 30.3 Å². The number of carbonyl (C=O) groups is 1. The summed E-state index contributed by atoms with van der Waals surface area (Å²) in [6.07, 6.45) is 3.81. The molecule has 1 aromatic carbocycles. The van der Waals surface area contributed by atoms with Gasteiger partial charge in [0.05, 0.1) is 12.8 Å². The molecule has 2 heterocycles. The predicted octanol–water partition coefficient (Wildman–Crippen LogP) is 4.18. The minimum absolute atomic E-state index is 0.373. The maximum Gasteiger partial charge on any atom is 0.341 e. The van der Waals surface area contributed by atoms with Crippen LogP contribution in [0.4, 0.5) is 0 Å². The second-order valence-corrected chi connectivity index (χ2v) is 6.59. The number of aromatic nitrogens is 2. The van der Waals surface area contributed by atoms with E-state index in [4.69, 9.17) is 4.74 Å². The van der Waals surface area contributed by atoms with E-state index >= 15 is 0 Å². The molecule has 4 nitrogen and oxygen atoms in total. The van der Waals surface area contributed by atoms with Crippen molar-refractivity contribution in [2.24, 2.45) is 0 Å². The Kier molecular flexibility index (Phi) is 4.49. The van der Waals surface area contributed by atoms with Crippen LogP contribution in [0.2, 0.25) is 0 Å². The Labute approximate surface area is 140 Å². The number of methoxy groups -OCH3 is 1. The zero-order valence-corrected chi connectivity index (χ0v) is 14.2. The van der Waals surface area contributed by atoms with E-state index in [2.05, 4.69) is 33.0 Å². The van der Waals surface area contributed by atoms with E-state index in [1.54, 1.807) is 17.8 Å². The van der Waals surface area contributed by atoms with Crippen LogP contribution in [0.3, 0.4) is 0 Å². The molecule has 2 aromatic heterocycles. The first-order chi connectivity index (χ1) is 10.7. The van der Waals surface area contributed by atoms with Crippen LogP contribution >= 0.6 is 27.7 Å². The Bertz CT molecular complexity index is 832. The zero-order valence-electron chi connectivity index (χ0n) is 11.8. The molecule has 22 heavy (non-hydrogen) atoms. The van der Waals surface area contributed by atoms with E-state index in [0.29, 0.717) is 11.2 Å². The van der Waals surface area contributed by atoms with Gasteiger partial charge in [0.1, 0.15) is 5.56 Å². The molecule has 0 saturated heterocycles. The smallest absolute Gasteiger partial charge is 0.341 e. The highest BCUT2D eigenvalue weighted by Gasteiger charge is 2.13. The topological polar surface area (TPSA) is 43.6 Å². The largest absolute Gasteiger partial charge is 0.465 e. The van der Waals surface area contributed by atoms with Gasteiger partial charge in [0.25, 0.3) is 0 Å². The third-order valence-electron chi connectivity index (χ3n) is 3.12. The number of imidazole rings is 1. The molecule has 0 aliphatic carbocycles. The second-order valence-electron chi connectivity index (χ2n) is 4.62. The summed E-state index contributed by atoms with van der Waals surface area (Å²) >= 11 is 5.17. The van der Waals surface area contributed by atoms with Gasteiger partial charge in [-0.1, -0.05) is 22.0 Å². The Morgan fingerprint density at radius 2 is 2.23 bits per heavy atom. The number of ether oxygens (including phenoxy) is 1. The molecular formula is C16H13BrN2O2S. The SMILES string of the molecule is COC(=O)c1cccn2cc(CSc3cccc(Br)c3)nc12. The van der Waals surface area contributed by atoms with Gasteiger partial charge in [-0.15, -0.1) is 11.8 Å². The molecule has 3 rings (SSSR count). The molecule has 0 aliphatic heterocycles. The minimum atomic E-state index is -0.373. The summed E-state index contributed by atoms with van der Waals surface area (Å²) in [7, 11) is 1.37. The summed E-state index contributed by atoms with van der Waals surface area (Å²) in [5.74, 6) is 0.362. The summed E-state index contributed by atoms with van der Waals surface area (Å²) < 4.78 is 7.70. The number of hydrogen-bond donors (Lipinski definition) is 0. The first-order valence-electron chi connectivity index (χ1n) is 6.60. The molecule has 0 aliphatic rings. The molecule has 0 spiro atoms. The number of pyridine rings is 1. The quantitative estimate of drug-likeness (QED) is 0.506. The van der Waals surface area contributed by atoms with E-state index in [-0.39, 0.29) is 5.97 Å². The van der Waals surface area contributed by atoms with Crippen LogP contribution in [0.25, 0.3) is 5.65 Å². The van der Waals surface area contributed by atoms with E-state index < -0.39 is 0 Å². The molecule has 112 valence electrons. The third-order valence-corrected chi connectivity index (χ3v) is 4.64.